The van der Waals surface area contributed by atoms with Crippen molar-refractivity contribution < 1.29 is 4.74 Å². The van der Waals surface area contributed by atoms with Crippen LogP contribution in [0.15, 0.2) is 12.4 Å². The average Bonchev–Trinajstić information content (AvgIpc) is 2.67. The van der Waals surface area contributed by atoms with Crippen LogP contribution in [0.4, 0.5) is 0 Å². The highest BCUT2D eigenvalue weighted by atomic mass is 16.5. The summed E-state index contributed by atoms with van der Waals surface area (Å²) in [7, 11) is 0. The predicted molar refractivity (Wildman–Crippen MR) is 63.4 cm³/mol. The third kappa shape index (κ3) is 2.83. The molecule has 1 aliphatic heterocycles. The molecule has 1 N–H and O–H groups in total. The number of imidazole rings is 1. The quantitative estimate of drug-likeness (QED) is 0.837. The van der Waals surface area contributed by atoms with Crippen molar-refractivity contribution in [3.05, 3.63) is 18.2 Å². The fourth-order valence-electron chi connectivity index (χ4n) is 2.18. The van der Waals surface area contributed by atoms with Gasteiger partial charge in [-0.05, 0) is 33.2 Å². The third-order valence-electron chi connectivity index (χ3n) is 3.28. The Hall–Kier alpha value is -0.870. The molecule has 0 spiro atoms. The van der Waals surface area contributed by atoms with Crippen molar-refractivity contribution in [3.63, 3.8) is 0 Å². The smallest absolute Gasteiger partial charge is 0.105 e. The van der Waals surface area contributed by atoms with Crippen LogP contribution in [0.5, 0.6) is 0 Å². The van der Waals surface area contributed by atoms with Crippen molar-refractivity contribution in [1.82, 2.24) is 14.9 Å². The van der Waals surface area contributed by atoms with E-state index in [1.165, 1.54) is 12.8 Å². The van der Waals surface area contributed by atoms with Crippen LogP contribution in [0.25, 0.3) is 0 Å². The summed E-state index contributed by atoms with van der Waals surface area (Å²) in [6.07, 6.45) is 6.61. The molecule has 2 rings (SSSR count). The van der Waals surface area contributed by atoms with E-state index in [9.17, 15) is 0 Å². The molecule has 2 heterocycles. The number of aryl methyl sites for hydroxylation is 1. The van der Waals surface area contributed by atoms with Gasteiger partial charge in [-0.3, -0.25) is 0 Å². The Morgan fingerprint density at radius 1 is 1.62 bits per heavy atom. The molecule has 0 aromatic carbocycles. The molecule has 90 valence electrons. The molecule has 4 nitrogen and oxygen atoms in total. The van der Waals surface area contributed by atoms with Crippen molar-refractivity contribution in [2.75, 3.05) is 13.2 Å². The van der Waals surface area contributed by atoms with E-state index >= 15 is 0 Å². The summed E-state index contributed by atoms with van der Waals surface area (Å²) in [6, 6.07) is 0.484. The maximum absolute atomic E-state index is 5.91. The topological polar surface area (TPSA) is 39.1 Å². The molecule has 1 aliphatic rings. The largest absolute Gasteiger partial charge is 0.375 e. The predicted octanol–water partition coefficient (Wildman–Crippen LogP) is 1.35. The minimum atomic E-state index is 0.373. The van der Waals surface area contributed by atoms with Gasteiger partial charge in [0.05, 0.1) is 12.7 Å². The van der Waals surface area contributed by atoms with Gasteiger partial charge < -0.3 is 14.6 Å². The van der Waals surface area contributed by atoms with E-state index in [4.69, 9.17) is 4.74 Å². The molecule has 2 atom stereocenters. The lowest BCUT2D eigenvalue weighted by Gasteiger charge is -2.30. The molecule has 0 bridgehead atoms. The summed E-state index contributed by atoms with van der Waals surface area (Å²) in [5.41, 5.74) is 0. The van der Waals surface area contributed by atoms with Crippen LogP contribution in [0.3, 0.4) is 0 Å². The van der Waals surface area contributed by atoms with Crippen molar-refractivity contribution in [2.24, 2.45) is 0 Å². The lowest BCUT2D eigenvalue weighted by Crippen LogP contribution is -2.44. The molecule has 16 heavy (non-hydrogen) atoms. The second kappa shape index (κ2) is 5.46. The zero-order valence-corrected chi connectivity index (χ0v) is 10.1. The molecule has 0 saturated carbocycles. The average molecular weight is 223 g/mol. The molecule has 1 fully saturated rings. The first kappa shape index (κ1) is 11.6. The second-order valence-corrected chi connectivity index (χ2v) is 4.46. The summed E-state index contributed by atoms with van der Waals surface area (Å²) in [6.45, 7) is 7.02. The Balaban J connectivity index is 1.73. The number of rotatable bonds is 4. The molecule has 4 heteroatoms. The molecular formula is C12H21N3O. The molecule has 0 aliphatic carbocycles. The van der Waals surface area contributed by atoms with Crippen LogP contribution in [-0.2, 0) is 11.3 Å². The number of nitrogens with one attached hydrogen (secondary N) is 1. The number of aromatic nitrogens is 2. The van der Waals surface area contributed by atoms with Gasteiger partial charge in [-0.25, -0.2) is 4.98 Å². The number of hydrogen-bond acceptors (Lipinski definition) is 3. The van der Waals surface area contributed by atoms with Gasteiger partial charge in [-0.15, -0.1) is 0 Å². The van der Waals surface area contributed by atoms with Gasteiger partial charge in [-0.2, -0.15) is 0 Å². The SMILES string of the molecule is Cc1nccn1CCOC1CCCNC1C. The van der Waals surface area contributed by atoms with Crippen LogP contribution < -0.4 is 5.32 Å². The second-order valence-electron chi connectivity index (χ2n) is 4.46. The van der Waals surface area contributed by atoms with Gasteiger partial charge in [0.1, 0.15) is 5.82 Å². The van der Waals surface area contributed by atoms with Gasteiger partial charge in [0.25, 0.3) is 0 Å². The summed E-state index contributed by atoms with van der Waals surface area (Å²) in [5.74, 6) is 1.05. The monoisotopic (exact) mass is 223 g/mol. The first-order valence-corrected chi connectivity index (χ1v) is 6.10. The van der Waals surface area contributed by atoms with Gasteiger partial charge in [0.2, 0.25) is 0 Å². The number of hydrogen-bond donors (Lipinski definition) is 1. The van der Waals surface area contributed by atoms with Crippen molar-refractivity contribution >= 4 is 0 Å². The summed E-state index contributed by atoms with van der Waals surface area (Å²) < 4.78 is 8.04. The zero-order valence-electron chi connectivity index (χ0n) is 10.1. The normalized spacial score (nSPS) is 25.9. The Kier molecular flexibility index (Phi) is 3.96. The first-order valence-electron chi connectivity index (χ1n) is 6.10. The van der Waals surface area contributed by atoms with Gasteiger partial charge in [0.15, 0.2) is 0 Å². The lowest BCUT2D eigenvalue weighted by molar-refractivity contribution is 0.00860. The minimum absolute atomic E-state index is 0.373. The van der Waals surface area contributed by atoms with Crippen molar-refractivity contribution in [2.45, 2.75) is 45.4 Å². The lowest BCUT2D eigenvalue weighted by atomic mass is 10.0. The van der Waals surface area contributed by atoms with Crippen LogP contribution in [-0.4, -0.2) is 34.8 Å². The highest BCUT2D eigenvalue weighted by molar-refractivity contribution is 4.88. The highest BCUT2D eigenvalue weighted by Crippen LogP contribution is 2.12. The van der Waals surface area contributed by atoms with Crippen LogP contribution in [0.2, 0.25) is 0 Å². The van der Waals surface area contributed by atoms with Crippen molar-refractivity contribution in [1.29, 1.82) is 0 Å². The maximum Gasteiger partial charge on any atom is 0.105 e. The fraction of sp³-hybridized carbons (Fsp3) is 0.750. The van der Waals surface area contributed by atoms with Gasteiger partial charge >= 0.3 is 0 Å². The van der Waals surface area contributed by atoms with Crippen LogP contribution in [0, 0.1) is 6.92 Å². The Morgan fingerprint density at radius 3 is 3.19 bits per heavy atom. The molecule has 1 aromatic heterocycles. The van der Waals surface area contributed by atoms with E-state index in [-0.39, 0.29) is 0 Å². The minimum Gasteiger partial charge on any atom is -0.375 e. The number of ether oxygens (including phenoxy) is 1. The van der Waals surface area contributed by atoms with E-state index in [1.807, 2.05) is 19.3 Å². The Morgan fingerprint density at radius 2 is 2.50 bits per heavy atom. The van der Waals surface area contributed by atoms with Gasteiger partial charge in [-0.1, -0.05) is 0 Å². The Labute approximate surface area is 97.0 Å². The van der Waals surface area contributed by atoms with E-state index < -0.39 is 0 Å². The van der Waals surface area contributed by atoms with E-state index in [1.54, 1.807) is 0 Å². The highest BCUT2D eigenvalue weighted by Gasteiger charge is 2.20. The van der Waals surface area contributed by atoms with Crippen LogP contribution >= 0.6 is 0 Å². The summed E-state index contributed by atoms with van der Waals surface area (Å²) in [5, 5.41) is 3.44. The van der Waals surface area contributed by atoms with Crippen molar-refractivity contribution in [3.8, 4) is 0 Å². The fourth-order valence-corrected chi connectivity index (χ4v) is 2.18. The molecule has 1 aromatic rings. The van der Waals surface area contributed by atoms with E-state index in [0.29, 0.717) is 12.1 Å². The number of piperidine rings is 1. The number of nitrogens with zero attached hydrogens (tertiary/aromatic N) is 2. The molecular weight excluding hydrogens is 202 g/mol. The zero-order chi connectivity index (χ0) is 11.4. The summed E-state index contributed by atoms with van der Waals surface area (Å²) >= 11 is 0. The molecule has 0 radical (unpaired) electrons. The maximum atomic E-state index is 5.91. The standard InChI is InChI=1S/C12H21N3O/c1-10-12(4-3-5-13-10)16-9-8-15-7-6-14-11(15)2/h6-7,10,12-13H,3-5,8-9H2,1-2H3. The van der Waals surface area contributed by atoms with E-state index in [2.05, 4.69) is 21.8 Å². The Bertz CT molecular complexity index is 324. The molecule has 1 saturated heterocycles. The van der Waals surface area contributed by atoms with Crippen LogP contribution in [0.1, 0.15) is 25.6 Å². The van der Waals surface area contributed by atoms with Gasteiger partial charge in [0, 0.05) is 25.0 Å². The third-order valence-corrected chi connectivity index (χ3v) is 3.28. The first-order chi connectivity index (χ1) is 7.77. The molecule has 0 amide bonds. The van der Waals surface area contributed by atoms with E-state index in [0.717, 1.165) is 25.5 Å². The summed E-state index contributed by atoms with van der Waals surface area (Å²) in [4.78, 5) is 4.19. The molecule has 2 unspecified atom stereocenters.